The van der Waals surface area contributed by atoms with Crippen LogP contribution in [0.15, 0.2) is 76.6 Å². The zero-order valence-electron chi connectivity index (χ0n) is 26.1. The monoisotopic (exact) mass is 658 g/mol. The van der Waals surface area contributed by atoms with Gasteiger partial charge in [-0.2, -0.15) is 0 Å². The minimum absolute atomic E-state index is 0.0421. The third-order valence-electron chi connectivity index (χ3n) is 8.03. The molecule has 0 bridgehead atoms. The fourth-order valence-electron chi connectivity index (χ4n) is 5.66. The number of hydrogen-bond acceptors (Lipinski definition) is 10. The highest BCUT2D eigenvalue weighted by Gasteiger charge is 2.42. The Hall–Kier alpha value is -5.01. The van der Waals surface area contributed by atoms with E-state index in [1.54, 1.807) is 30.3 Å². The van der Waals surface area contributed by atoms with Gasteiger partial charge in [-0.1, -0.05) is 36.4 Å². The van der Waals surface area contributed by atoms with Crippen LogP contribution in [0.25, 0.3) is 6.08 Å². The molecule has 1 fully saturated rings. The first-order valence-electron chi connectivity index (χ1n) is 15.2. The number of nitrogens with two attached hydrogens (primary N) is 2. The molecule has 5 rings (SSSR count). The Balaban J connectivity index is 1.49. The Kier molecular flexibility index (Phi) is 10.7. The topological polar surface area (TPSA) is 182 Å². The minimum atomic E-state index is -1.04. The van der Waals surface area contributed by atoms with Gasteiger partial charge in [0.25, 0.3) is 5.91 Å². The van der Waals surface area contributed by atoms with Crippen LogP contribution in [0, 0.1) is 0 Å². The molecule has 12 nitrogen and oxygen atoms in total. The van der Waals surface area contributed by atoms with Gasteiger partial charge in [0.2, 0.25) is 17.6 Å². The molecular formula is C34H38N6O6S. The van der Waals surface area contributed by atoms with Crippen LogP contribution in [0.4, 0.5) is 11.4 Å². The zero-order valence-corrected chi connectivity index (χ0v) is 27.0. The molecule has 47 heavy (non-hydrogen) atoms. The molecular weight excluding hydrogens is 620 g/mol. The Morgan fingerprint density at radius 2 is 1.81 bits per heavy atom. The van der Waals surface area contributed by atoms with Gasteiger partial charge < -0.3 is 36.7 Å². The molecule has 3 atom stereocenters. The van der Waals surface area contributed by atoms with Gasteiger partial charge in [-0.25, -0.2) is 4.99 Å². The van der Waals surface area contributed by atoms with Gasteiger partial charge in [-0.15, -0.1) is 0 Å². The highest BCUT2D eigenvalue weighted by molar-refractivity contribution is 8.18. The molecule has 0 aromatic heterocycles. The summed E-state index contributed by atoms with van der Waals surface area (Å²) in [6.45, 7) is 0.884. The highest BCUT2D eigenvalue weighted by atomic mass is 32.2. The molecule has 0 saturated carbocycles. The smallest absolute Gasteiger partial charge is 0.267 e. The van der Waals surface area contributed by atoms with E-state index in [1.807, 2.05) is 42.5 Å². The maximum Gasteiger partial charge on any atom is 0.267 e. The van der Waals surface area contributed by atoms with Crippen LogP contribution >= 0.6 is 11.8 Å². The van der Waals surface area contributed by atoms with Crippen molar-refractivity contribution in [1.82, 2.24) is 10.2 Å². The van der Waals surface area contributed by atoms with Gasteiger partial charge in [0.05, 0.1) is 24.8 Å². The van der Waals surface area contributed by atoms with Crippen molar-refractivity contribution in [2.45, 2.75) is 37.3 Å². The van der Waals surface area contributed by atoms with Crippen molar-refractivity contribution in [3.8, 4) is 17.2 Å². The van der Waals surface area contributed by atoms with Gasteiger partial charge in [-0.3, -0.25) is 19.3 Å². The molecule has 0 radical (unpaired) electrons. The molecule has 1 saturated heterocycles. The Bertz CT molecular complexity index is 1670. The lowest BCUT2D eigenvalue weighted by atomic mass is 9.93. The number of thioether (sulfide) groups is 1. The lowest BCUT2D eigenvalue weighted by molar-refractivity contribution is -0.135. The summed E-state index contributed by atoms with van der Waals surface area (Å²) in [7, 11) is 2.82. The van der Waals surface area contributed by atoms with E-state index in [4.69, 9.17) is 25.9 Å². The Morgan fingerprint density at radius 1 is 1.13 bits per heavy atom. The number of anilines is 1. The number of rotatable bonds is 13. The largest absolute Gasteiger partial charge is 0.502 e. The van der Waals surface area contributed by atoms with E-state index in [9.17, 15) is 19.5 Å². The number of fused-ring (bicyclic) bond motifs is 1. The molecule has 13 heteroatoms. The van der Waals surface area contributed by atoms with Crippen molar-refractivity contribution in [3.63, 3.8) is 0 Å². The number of ether oxygens (including phenoxy) is 2. The molecule has 3 aromatic carbocycles. The molecule has 3 aromatic rings. The molecule has 0 aliphatic carbocycles. The molecule has 7 N–H and O–H groups in total. The summed E-state index contributed by atoms with van der Waals surface area (Å²) < 4.78 is 10.6. The summed E-state index contributed by atoms with van der Waals surface area (Å²) in [4.78, 5) is 47.3. The van der Waals surface area contributed by atoms with E-state index in [0.717, 1.165) is 23.0 Å². The summed E-state index contributed by atoms with van der Waals surface area (Å²) in [5, 5.41) is 16.8. The number of phenols is 1. The number of nitrogens with zero attached hydrogens (tertiary/aromatic N) is 2. The van der Waals surface area contributed by atoms with Gasteiger partial charge in [-0.05, 0) is 85.1 Å². The second kappa shape index (κ2) is 15.1. The number of methoxy groups -OCH3 is 2. The van der Waals surface area contributed by atoms with E-state index >= 15 is 0 Å². The summed E-state index contributed by atoms with van der Waals surface area (Å²) in [6, 6.07) is 18.0. The predicted molar refractivity (Wildman–Crippen MR) is 183 cm³/mol. The van der Waals surface area contributed by atoms with Gasteiger partial charge in [0.15, 0.2) is 16.7 Å². The average molecular weight is 659 g/mol. The van der Waals surface area contributed by atoms with E-state index in [-0.39, 0.29) is 52.6 Å². The molecule has 2 aliphatic heterocycles. The average Bonchev–Trinajstić information content (AvgIpc) is 3.61. The predicted octanol–water partition coefficient (Wildman–Crippen LogP) is 3.69. The first-order chi connectivity index (χ1) is 22.7. The van der Waals surface area contributed by atoms with E-state index < -0.39 is 29.8 Å². The van der Waals surface area contributed by atoms with E-state index in [2.05, 4.69) is 10.6 Å². The number of carbonyl (C=O) groups excluding carboxylic acids is 3. The number of aromatic hydroxyl groups is 1. The highest BCUT2D eigenvalue weighted by Crippen LogP contribution is 2.41. The first kappa shape index (κ1) is 33.4. The number of phenolic OH excluding ortho intramolecular Hbond substituents is 1. The quantitative estimate of drug-likeness (QED) is 0.171. The maximum atomic E-state index is 14.2. The molecule has 2 heterocycles. The second-order valence-corrected chi connectivity index (χ2v) is 12.1. The number of aliphatic imine (C=N–C) groups is 1. The zero-order chi connectivity index (χ0) is 33.5. The molecule has 1 unspecified atom stereocenters. The van der Waals surface area contributed by atoms with Crippen molar-refractivity contribution in [1.29, 1.82) is 0 Å². The first-order valence-corrected chi connectivity index (χ1v) is 16.0. The third kappa shape index (κ3) is 7.53. The SMILES string of the molecule is COc1cc(/C=C2\SC(=Nc3ccccc3)N([C@@H](CCCN)C(=O)N[C@@H](CC3CNc4ccccc43)C(N)=O)C2=O)cc(OC)c1O. The molecule has 3 amide bonds. The number of nitrogens with one attached hydrogen (secondary N) is 2. The molecule has 246 valence electrons. The number of hydrogen-bond donors (Lipinski definition) is 5. The summed E-state index contributed by atoms with van der Waals surface area (Å²) in [6.07, 6.45) is 2.55. The fourth-order valence-corrected chi connectivity index (χ4v) is 6.69. The second-order valence-electron chi connectivity index (χ2n) is 11.1. The maximum absolute atomic E-state index is 14.2. The number of para-hydroxylation sites is 2. The van der Waals surface area contributed by atoms with Crippen LogP contribution in [-0.4, -0.2) is 72.3 Å². The van der Waals surface area contributed by atoms with Crippen molar-refractivity contribution in [2.24, 2.45) is 16.5 Å². The fraction of sp³-hybridized carbons (Fsp3) is 0.294. The van der Waals surface area contributed by atoms with Crippen molar-refractivity contribution >= 4 is 52.1 Å². The standard InChI is InChI=1S/C34H38N6O6S/c1-45-27-15-20(16-28(46-2)30(27)41)17-29-33(44)40(34(47-29)38-22-9-4-3-5-10-22)26(13-8-14-35)32(43)39-25(31(36)42)18-21-19-37-24-12-7-6-11-23(21)24/h3-7,9-12,15-17,21,25-26,37,41H,8,13-14,18-19,35H2,1-2H3,(H2,36,42)(H,39,43)/b29-17-,38-34?/t21?,25-,26-/m0/s1. The van der Waals surface area contributed by atoms with E-state index in [1.165, 1.54) is 19.1 Å². The lowest BCUT2D eigenvalue weighted by Gasteiger charge is -2.28. The number of amides is 3. The van der Waals surface area contributed by atoms with Crippen LogP contribution in [0.5, 0.6) is 17.2 Å². The van der Waals surface area contributed by atoms with Gasteiger partial charge in [0, 0.05) is 18.2 Å². The summed E-state index contributed by atoms with van der Waals surface area (Å²) >= 11 is 1.10. The summed E-state index contributed by atoms with van der Waals surface area (Å²) in [5.41, 5.74) is 14.8. The van der Waals surface area contributed by atoms with Crippen molar-refractivity contribution < 1.29 is 29.0 Å². The number of benzene rings is 3. The molecule has 2 aliphatic rings. The minimum Gasteiger partial charge on any atom is -0.502 e. The van der Waals surface area contributed by atoms with Gasteiger partial charge >= 0.3 is 0 Å². The number of amidine groups is 1. The van der Waals surface area contributed by atoms with E-state index in [0.29, 0.717) is 24.2 Å². The van der Waals surface area contributed by atoms with Crippen LogP contribution in [0.1, 0.15) is 36.3 Å². The van der Waals surface area contributed by atoms with Crippen molar-refractivity contribution in [2.75, 3.05) is 32.6 Å². The van der Waals surface area contributed by atoms with Crippen LogP contribution in [0.3, 0.4) is 0 Å². The van der Waals surface area contributed by atoms with Gasteiger partial charge in [0.1, 0.15) is 12.1 Å². The van der Waals surface area contributed by atoms with Crippen LogP contribution in [0.2, 0.25) is 0 Å². The normalized spacial score (nSPS) is 18.5. The third-order valence-corrected chi connectivity index (χ3v) is 9.02. The van der Waals surface area contributed by atoms with Crippen LogP contribution in [-0.2, 0) is 14.4 Å². The number of carbonyl (C=O) groups is 3. The van der Waals surface area contributed by atoms with Crippen LogP contribution < -0.4 is 31.6 Å². The lowest BCUT2D eigenvalue weighted by Crippen LogP contribution is -2.54. The molecule has 0 spiro atoms. The Morgan fingerprint density at radius 3 is 2.47 bits per heavy atom. The number of primary amides is 1. The Labute approximate surface area is 277 Å². The summed E-state index contributed by atoms with van der Waals surface area (Å²) in [5.74, 6) is -1.55. The van der Waals surface area contributed by atoms with Crippen molar-refractivity contribution in [3.05, 3.63) is 82.8 Å².